The van der Waals surface area contributed by atoms with Gasteiger partial charge in [0, 0.05) is 5.56 Å². The molecule has 100 valence electrons. The number of aliphatic hydroxyl groups is 1. The Bertz CT molecular complexity index is 391. The summed E-state index contributed by atoms with van der Waals surface area (Å²) >= 11 is 0. The first-order chi connectivity index (χ1) is 8.72. The Balaban J connectivity index is 1.96. The van der Waals surface area contributed by atoms with Gasteiger partial charge in [-0.25, -0.2) is 0 Å². The van der Waals surface area contributed by atoms with Crippen molar-refractivity contribution < 1.29 is 19.3 Å². The fraction of sp³-hybridized carbons (Fsp3) is 0.571. The lowest BCUT2D eigenvalue weighted by atomic mass is 10.2. The molecule has 0 aromatic heterocycles. The summed E-state index contributed by atoms with van der Waals surface area (Å²) in [5.41, 5.74) is 0.736. The molecular weight excluding hydrogens is 232 g/mol. The van der Waals surface area contributed by atoms with Crippen LogP contribution >= 0.6 is 0 Å². The zero-order valence-corrected chi connectivity index (χ0v) is 10.9. The summed E-state index contributed by atoms with van der Waals surface area (Å²) in [6.45, 7) is 2.55. The number of ether oxygens (including phenoxy) is 3. The normalized spacial score (nSPS) is 23.1. The van der Waals surface area contributed by atoms with Crippen molar-refractivity contribution in [1.29, 1.82) is 0 Å². The second-order valence-corrected chi connectivity index (χ2v) is 4.59. The molecule has 1 aliphatic heterocycles. The standard InChI is InChI=1S/C14H20O4/c1-10-3-4-13(18-10)9-17-14-6-5-12(16-2)7-11(14)8-15/h5-7,10,13,15H,3-4,8-9H2,1-2H3. The summed E-state index contributed by atoms with van der Waals surface area (Å²) < 4.78 is 16.5. The molecule has 1 aromatic carbocycles. The van der Waals surface area contributed by atoms with Gasteiger partial charge in [0.15, 0.2) is 0 Å². The minimum absolute atomic E-state index is 0.0611. The topological polar surface area (TPSA) is 47.9 Å². The minimum atomic E-state index is -0.0611. The van der Waals surface area contributed by atoms with E-state index in [4.69, 9.17) is 14.2 Å². The molecule has 0 radical (unpaired) electrons. The summed E-state index contributed by atoms with van der Waals surface area (Å²) in [7, 11) is 1.60. The van der Waals surface area contributed by atoms with Crippen LogP contribution in [0.15, 0.2) is 18.2 Å². The Kier molecular flexibility index (Phi) is 4.44. The summed E-state index contributed by atoms with van der Waals surface area (Å²) in [4.78, 5) is 0. The molecule has 1 aromatic rings. The van der Waals surface area contributed by atoms with E-state index in [9.17, 15) is 5.11 Å². The monoisotopic (exact) mass is 252 g/mol. The third kappa shape index (κ3) is 3.15. The van der Waals surface area contributed by atoms with Crippen LogP contribution < -0.4 is 9.47 Å². The Labute approximate surface area is 107 Å². The number of hydrogen-bond donors (Lipinski definition) is 1. The summed E-state index contributed by atoms with van der Waals surface area (Å²) in [5, 5.41) is 9.31. The van der Waals surface area contributed by atoms with Crippen molar-refractivity contribution in [2.24, 2.45) is 0 Å². The molecule has 0 amide bonds. The third-order valence-electron chi connectivity index (χ3n) is 3.18. The van der Waals surface area contributed by atoms with Crippen molar-refractivity contribution in [3.8, 4) is 11.5 Å². The van der Waals surface area contributed by atoms with Gasteiger partial charge in [0.2, 0.25) is 0 Å². The van der Waals surface area contributed by atoms with E-state index >= 15 is 0 Å². The van der Waals surface area contributed by atoms with Gasteiger partial charge in [-0.3, -0.25) is 0 Å². The van der Waals surface area contributed by atoms with Crippen LogP contribution in [0.25, 0.3) is 0 Å². The molecule has 2 atom stereocenters. The van der Waals surface area contributed by atoms with E-state index < -0.39 is 0 Å². The van der Waals surface area contributed by atoms with E-state index in [-0.39, 0.29) is 12.7 Å². The summed E-state index contributed by atoms with van der Waals surface area (Å²) in [6, 6.07) is 5.43. The van der Waals surface area contributed by atoms with Gasteiger partial charge in [0.05, 0.1) is 25.9 Å². The fourth-order valence-corrected chi connectivity index (χ4v) is 2.14. The van der Waals surface area contributed by atoms with Crippen LogP contribution in [0.2, 0.25) is 0 Å². The highest BCUT2D eigenvalue weighted by atomic mass is 16.5. The Hall–Kier alpha value is -1.26. The third-order valence-corrected chi connectivity index (χ3v) is 3.18. The van der Waals surface area contributed by atoms with E-state index in [1.165, 1.54) is 0 Å². The van der Waals surface area contributed by atoms with Crippen molar-refractivity contribution in [3.05, 3.63) is 23.8 Å². The van der Waals surface area contributed by atoms with Gasteiger partial charge in [-0.05, 0) is 38.0 Å². The molecule has 4 heteroatoms. The fourth-order valence-electron chi connectivity index (χ4n) is 2.14. The minimum Gasteiger partial charge on any atom is -0.497 e. The van der Waals surface area contributed by atoms with Gasteiger partial charge in [-0.2, -0.15) is 0 Å². The second kappa shape index (κ2) is 6.07. The van der Waals surface area contributed by atoms with Crippen LogP contribution in [0.3, 0.4) is 0 Å². The number of aliphatic hydroxyl groups excluding tert-OH is 1. The molecule has 4 nitrogen and oxygen atoms in total. The molecule has 1 aliphatic rings. The summed E-state index contributed by atoms with van der Waals surface area (Å²) in [5.74, 6) is 1.42. The first kappa shape index (κ1) is 13.2. The molecule has 1 heterocycles. The Morgan fingerprint density at radius 2 is 2.22 bits per heavy atom. The predicted molar refractivity (Wildman–Crippen MR) is 68.0 cm³/mol. The van der Waals surface area contributed by atoms with Crippen LogP contribution in [0.5, 0.6) is 11.5 Å². The lowest BCUT2D eigenvalue weighted by molar-refractivity contribution is 0.0260. The van der Waals surface area contributed by atoms with Crippen molar-refractivity contribution in [2.75, 3.05) is 13.7 Å². The van der Waals surface area contributed by atoms with Crippen LogP contribution in [0.1, 0.15) is 25.3 Å². The van der Waals surface area contributed by atoms with Crippen LogP contribution in [-0.4, -0.2) is 31.0 Å². The van der Waals surface area contributed by atoms with E-state index in [2.05, 4.69) is 6.92 Å². The molecule has 0 saturated carbocycles. The number of methoxy groups -OCH3 is 1. The number of rotatable bonds is 5. The van der Waals surface area contributed by atoms with Gasteiger partial charge in [-0.15, -0.1) is 0 Å². The first-order valence-corrected chi connectivity index (χ1v) is 6.29. The van der Waals surface area contributed by atoms with Crippen molar-refractivity contribution in [2.45, 2.75) is 38.6 Å². The number of benzene rings is 1. The SMILES string of the molecule is COc1ccc(OCC2CCC(C)O2)c(CO)c1. The van der Waals surface area contributed by atoms with Crippen molar-refractivity contribution >= 4 is 0 Å². The van der Waals surface area contributed by atoms with Gasteiger partial charge in [0.25, 0.3) is 0 Å². The smallest absolute Gasteiger partial charge is 0.125 e. The molecule has 1 fully saturated rings. The van der Waals surface area contributed by atoms with E-state index in [1.54, 1.807) is 13.2 Å². The zero-order valence-electron chi connectivity index (χ0n) is 10.9. The maximum Gasteiger partial charge on any atom is 0.125 e. The highest BCUT2D eigenvalue weighted by Crippen LogP contribution is 2.26. The van der Waals surface area contributed by atoms with Crippen molar-refractivity contribution in [1.82, 2.24) is 0 Å². The molecule has 0 bridgehead atoms. The zero-order chi connectivity index (χ0) is 13.0. The molecular formula is C14H20O4. The average Bonchev–Trinajstić information content (AvgIpc) is 2.82. The maximum atomic E-state index is 9.31. The average molecular weight is 252 g/mol. The van der Waals surface area contributed by atoms with Crippen LogP contribution in [0, 0.1) is 0 Å². The predicted octanol–water partition coefficient (Wildman–Crippen LogP) is 2.13. The molecule has 1 N–H and O–H groups in total. The lowest BCUT2D eigenvalue weighted by Crippen LogP contribution is -2.18. The van der Waals surface area contributed by atoms with Gasteiger partial charge < -0.3 is 19.3 Å². The molecule has 1 saturated heterocycles. The molecule has 0 spiro atoms. The first-order valence-electron chi connectivity index (χ1n) is 6.29. The highest BCUT2D eigenvalue weighted by molar-refractivity contribution is 5.39. The van der Waals surface area contributed by atoms with E-state index in [0.29, 0.717) is 18.5 Å². The largest absolute Gasteiger partial charge is 0.497 e. The van der Waals surface area contributed by atoms with Gasteiger partial charge >= 0.3 is 0 Å². The van der Waals surface area contributed by atoms with E-state index in [0.717, 1.165) is 24.2 Å². The molecule has 0 aliphatic carbocycles. The molecule has 2 rings (SSSR count). The van der Waals surface area contributed by atoms with Gasteiger partial charge in [-0.1, -0.05) is 0 Å². The Morgan fingerprint density at radius 1 is 1.39 bits per heavy atom. The maximum absolute atomic E-state index is 9.31. The quantitative estimate of drug-likeness (QED) is 0.872. The lowest BCUT2D eigenvalue weighted by Gasteiger charge is -2.15. The molecule has 2 unspecified atom stereocenters. The Morgan fingerprint density at radius 3 is 2.83 bits per heavy atom. The summed E-state index contributed by atoms with van der Waals surface area (Å²) in [6.07, 6.45) is 2.61. The van der Waals surface area contributed by atoms with Crippen LogP contribution in [-0.2, 0) is 11.3 Å². The highest BCUT2D eigenvalue weighted by Gasteiger charge is 2.22. The van der Waals surface area contributed by atoms with E-state index in [1.807, 2.05) is 12.1 Å². The van der Waals surface area contributed by atoms with Crippen molar-refractivity contribution in [3.63, 3.8) is 0 Å². The second-order valence-electron chi connectivity index (χ2n) is 4.59. The van der Waals surface area contributed by atoms with Crippen LogP contribution in [0.4, 0.5) is 0 Å². The number of hydrogen-bond acceptors (Lipinski definition) is 4. The molecule has 18 heavy (non-hydrogen) atoms. The van der Waals surface area contributed by atoms with Gasteiger partial charge in [0.1, 0.15) is 18.1 Å².